The number of piperazine rings is 1. The molecule has 0 spiro atoms. The van der Waals surface area contributed by atoms with Crippen LogP contribution in [0.1, 0.15) is 12.5 Å². The van der Waals surface area contributed by atoms with Crippen LogP contribution in [-0.4, -0.2) is 68.8 Å². The van der Waals surface area contributed by atoms with Crippen LogP contribution in [0.4, 0.5) is 5.69 Å². The fourth-order valence-corrected chi connectivity index (χ4v) is 4.09. The smallest absolute Gasteiger partial charge is 0.241 e. The molecule has 0 saturated carbocycles. The maximum absolute atomic E-state index is 12.6. The molecule has 1 unspecified atom stereocenters. The van der Waals surface area contributed by atoms with Gasteiger partial charge in [0.15, 0.2) is 0 Å². The highest BCUT2D eigenvalue weighted by molar-refractivity contribution is 7.89. The number of nitrogens with two attached hydrogens (primary N) is 1. The summed E-state index contributed by atoms with van der Waals surface area (Å²) in [5.74, 6) is -0.256. The topological polar surface area (TPSA) is 125 Å². The molecule has 2 aromatic carbocycles. The largest absolute Gasteiger partial charge is 0.351 e. The van der Waals surface area contributed by atoms with E-state index in [1.807, 2.05) is 35.2 Å². The monoisotopic (exact) mass is 459 g/mol. The second-order valence-corrected chi connectivity index (χ2v) is 9.37. The molecule has 9 nitrogen and oxygen atoms in total. The molecule has 4 N–H and O–H groups in total. The number of carbonyl (C=O) groups excluding carboxylic acids is 2. The van der Waals surface area contributed by atoms with Gasteiger partial charge in [0.05, 0.1) is 17.5 Å². The van der Waals surface area contributed by atoms with Gasteiger partial charge in [0.1, 0.15) is 0 Å². The fourth-order valence-electron chi connectivity index (χ4n) is 3.53. The summed E-state index contributed by atoms with van der Waals surface area (Å²) in [6.07, 6.45) is 0. The molecule has 1 aliphatic rings. The molecule has 2 aromatic rings. The van der Waals surface area contributed by atoms with Crippen LogP contribution in [0.15, 0.2) is 59.5 Å². The lowest BCUT2D eigenvalue weighted by Crippen LogP contribution is -2.54. The number of anilines is 1. The molecule has 2 amide bonds. The Balaban J connectivity index is 1.44. The Morgan fingerprint density at radius 1 is 1.03 bits per heavy atom. The third kappa shape index (κ3) is 6.86. The van der Waals surface area contributed by atoms with Crippen molar-refractivity contribution >= 4 is 27.5 Å². The summed E-state index contributed by atoms with van der Waals surface area (Å²) < 4.78 is 23.0. The van der Waals surface area contributed by atoms with Crippen molar-refractivity contribution < 1.29 is 18.0 Å². The molecule has 32 heavy (non-hydrogen) atoms. The molecule has 1 saturated heterocycles. The molecular weight excluding hydrogens is 430 g/mol. The predicted molar refractivity (Wildman–Crippen MR) is 122 cm³/mol. The molecule has 1 aliphatic heterocycles. The first-order chi connectivity index (χ1) is 15.2. The molecule has 3 rings (SSSR count). The van der Waals surface area contributed by atoms with Gasteiger partial charge in [0.25, 0.3) is 0 Å². The van der Waals surface area contributed by atoms with Crippen molar-refractivity contribution in [3.8, 4) is 0 Å². The quantitative estimate of drug-likeness (QED) is 0.531. The van der Waals surface area contributed by atoms with Crippen molar-refractivity contribution in [1.29, 1.82) is 0 Å². The van der Waals surface area contributed by atoms with Crippen molar-refractivity contribution in [2.24, 2.45) is 5.14 Å². The van der Waals surface area contributed by atoms with E-state index < -0.39 is 16.1 Å². The van der Waals surface area contributed by atoms with Crippen LogP contribution in [-0.2, 0) is 26.2 Å². The molecule has 0 aromatic heterocycles. The minimum atomic E-state index is -3.84. The van der Waals surface area contributed by atoms with Crippen LogP contribution in [0.3, 0.4) is 0 Å². The summed E-state index contributed by atoms with van der Waals surface area (Å²) in [6, 6.07) is 15.2. The van der Waals surface area contributed by atoms with Crippen LogP contribution in [0, 0.1) is 0 Å². The molecule has 0 radical (unpaired) electrons. The lowest BCUT2D eigenvalue weighted by atomic mass is 10.2. The van der Waals surface area contributed by atoms with Crippen molar-refractivity contribution in [2.45, 2.75) is 24.4 Å². The highest BCUT2D eigenvalue weighted by Crippen LogP contribution is 2.15. The highest BCUT2D eigenvalue weighted by Gasteiger charge is 2.26. The van der Waals surface area contributed by atoms with Crippen LogP contribution in [0.2, 0.25) is 0 Å². The molecule has 1 atom stereocenters. The Kier molecular flexibility index (Phi) is 7.97. The van der Waals surface area contributed by atoms with E-state index in [-0.39, 0.29) is 16.7 Å². The number of nitrogens with zero attached hydrogens (tertiary/aromatic N) is 2. The van der Waals surface area contributed by atoms with Crippen LogP contribution in [0.25, 0.3) is 0 Å². The second kappa shape index (κ2) is 10.7. The first-order valence-electron chi connectivity index (χ1n) is 10.4. The Hall–Kier alpha value is -2.79. The summed E-state index contributed by atoms with van der Waals surface area (Å²) in [4.78, 5) is 28.9. The first kappa shape index (κ1) is 23.9. The van der Waals surface area contributed by atoms with Crippen LogP contribution in [0.5, 0.6) is 0 Å². The summed E-state index contributed by atoms with van der Waals surface area (Å²) in [7, 11) is -3.84. The maximum atomic E-state index is 12.6. The van der Waals surface area contributed by atoms with E-state index >= 15 is 0 Å². The average molecular weight is 460 g/mol. The number of rotatable bonds is 8. The molecule has 1 heterocycles. The standard InChI is InChI=1S/C22H29N5O4S/c1-17(22(29)25-19-8-5-9-20(14-19)32(23,30)31)27-12-10-26(11-13-27)16-21(28)24-15-18-6-3-2-4-7-18/h2-9,14,17H,10-13,15-16H2,1H3,(H,24,28)(H,25,29)(H2,23,30,31). The summed E-state index contributed by atoms with van der Waals surface area (Å²) in [5.41, 5.74) is 1.43. The van der Waals surface area contributed by atoms with Gasteiger partial charge in [-0.1, -0.05) is 36.4 Å². The fraction of sp³-hybridized carbons (Fsp3) is 0.364. The van der Waals surface area contributed by atoms with Crippen molar-refractivity contribution in [3.63, 3.8) is 0 Å². The number of hydrogen-bond donors (Lipinski definition) is 3. The minimum Gasteiger partial charge on any atom is -0.351 e. The third-order valence-corrected chi connectivity index (χ3v) is 6.37. The van der Waals surface area contributed by atoms with Crippen LogP contribution >= 0.6 is 0 Å². The van der Waals surface area contributed by atoms with E-state index in [0.717, 1.165) is 5.56 Å². The summed E-state index contributed by atoms with van der Waals surface area (Å²) in [6.45, 7) is 5.29. The molecule has 0 aliphatic carbocycles. The number of benzene rings is 2. The van der Waals surface area contributed by atoms with Crippen LogP contribution < -0.4 is 15.8 Å². The number of nitrogens with one attached hydrogen (secondary N) is 2. The number of sulfonamides is 1. The van der Waals surface area contributed by atoms with Gasteiger partial charge in [0.2, 0.25) is 21.8 Å². The Bertz CT molecular complexity index is 1040. The number of amides is 2. The SMILES string of the molecule is CC(C(=O)Nc1cccc(S(N)(=O)=O)c1)N1CCN(CC(=O)NCc2ccccc2)CC1. The van der Waals surface area contributed by atoms with E-state index in [9.17, 15) is 18.0 Å². The van der Waals surface area contributed by atoms with Gasteiger partial charge < -0.3 is 10.6 Å². The van der Waals surface area contributed by atoms with Gasteiger partial charge in [0, 0.05) is 38.4 Å². The highest BCUT2D eigenvalue weighted by atomic mass is 32.2. The number of primary sulfonamides is 1. The van der Waals surface area contributed by atoms with Crippen molar-refractivity contribution in [2.75, 3.05) is 38.0 Å². The number of hydrogen-bond acceptors (Lipinski definition) is 6. The zero-order chi connectivity index (χ0) is 23.1. The lowest BCUT2D eigenvalue weighted by Gasteiger charge is -2.37. The van der Waals surface area contributed by atoms with Gasteiger partial charge in [-0.05, 0) is 30.7 Å². The first-order valence-corrected chi connectivity index (χ1v) is 12.0. The predicted octanol–water partition coefficient (Wildman–Crippen LogP) is 0.595. The Morgan fingerprint density at radius 3 is 2.38 bits per heavy atom. The van der Waals surface area contributed by atoms with Gasteiger partial charge in [-0.3, -0.25) is 19.4 Å². The van der Waals surface area contributed by atoms with E-state index in [4.69, 9.17) is 5.14 Å². The second-order valence-electron chi connectivity index (χ2n) is 7.81. The Labute approximate surface area is 188 Å². The van der Waals surface area contributed by atoms with E-state index in [0.29, 0.717) is 45.0 Å². The van der Waals surface area contributed by atoms with E-state index in [1.165, 1.54) is 18.2 Å². The maximum Gasteiger partial charge on any atom is 0.241 e. The Morgan fingerprint density at radius 2 is 1.72 bits per heavy atom. The van der Waals surface area contributed by atoms with E-state index in [2.05, 4.69) is 15.5 Å². The van der Waals surface area contributed by atoms with Gasteiger partial charge >= 0.3 is 0 Å². The third-order valence-electron chi connectivity index (χ3n) is 5.46. The van der Waals surface area contributed by atoms with Crippen molar-refractivity contribution in [1.82, 2.24) is 15.1 Å². The molecule has 1 fully saturated rings. The van der Waals surface area contributed by atoms with Gasteiger partial charge in [-0.15, -0.1) is 0 Å². The molecule has 0 bridgehead atoms. The normalized spacial score (nSPS) is 16.3. The minimum absolute atomic E-state index is 0.0252. The molecule has 10 heteroatoms. The average Bonchev–Trinajstić information content (AvgIpc) is 2.78. The summed E-state index contributed by atoms with van der Waals surface area (Å²) >= 11 is 0. The zero-order valence-corrected chi connectivity index (χ0v) is 18.8. The van der Waals surface area contributed by atoms with E-state index in [1.54, 1.807) is 13.0 Å². The number of carbonyl (C=O) groups is 2. The van der Waals surface area contributed by atoms with Crippen molar-refractivity contribution in [3.05, 3.63) is 60.2 Å². The molecule has 172 valence electrons. The molecular formula is C22H29N5O4S. The zero-order valence-electron chi connectivity index (χ0n) is 18.0. The summed E-state index contributed by atoms with van der Waals surface area (Å²) in [5, 5.41) is 10.8. The van der Waals surface area contributed by atoms with Gasteiger partial charge in [-0.2, -0.15) is 0 Å². The van der Waals surface area contributed by atoms with Gasteiger partial charge in [-0.25, -0.2) is 13.6 Å². The lowest BCUT2D eigenvalue weighted by molar-refractivity contribution is -0.124.